The van der Waals surface area contributed by atoms with Crippen LogP contribution in [0.15, 0.2) is 34.7 Å². The van der Waals surface area contributed by atoms with Gasteiger partial charge in [-0.3, -0.25) is 4.79 Å². The Morgan fingerprint density at radius 3 is 2.71 bits per heavy atom. The molecular formula is C16H16FN3O4. The van der Waals surface area contributed by atoms with Crippen LogP contribution in [0.1, 0.15) is 18.7 Å². The smallest absolute Gasteiger partial charge is 0.343 e. The third-order valence-corrected chi connectivity index (χ3v) is 4.00. The van der Waals surface area contributed by atoms with Crippen LogP contribution in [0.4, 0.5) is 4.39 Å². The van der Waals surface area contributed by atoms with Crippen LogP contribution in [-0.4, -0.2) is 50.8 Å². The van der Waals surface area contributed by atoms with Crippen LogP contribution in [0.25, 0.3) is 11.5 Å². The minimum Gasteiger partial charge on any atom is -0.479 e. The molecule has 0 spiro atoms. The van der Waals surface area contributed by atoms with Crippen LogP contribution in [0.2, 0.25) is 0 Å². The van der Waals surface area contributed by atoms with E-state index in [2.05, 4.69) is 10.2 Å². The van der Waals surface area contributed by atoms with Gasteiger partial charge in [0, 0.05) is 31.4 Å². The Kier molecular flexibility index (Phi) is 4.28. The molecule has 2 heterocycles. The molecule has 0 bridgehead atoms. The van der Waals surface area contributed by atoms with Crippen LogP contribution in [0.5, 0.6) is 0 Å². The van der Waals surface area contributed by atoms with Gasteiger partial charge in [0.1, 0.15) is 0 Å². The Balaban J connectivity index is 1.56. The highest BCUT2D eigenvalue weighted by atomic mass is 19.1. The predicted octanol–water partition coefficient (Wildman–Crippen LogP) is 1.69. The number of carboxylic acids is 1. The Morgan fingerprint density at radius 2 is 2.04 bits per heavy atom. The standard InChI is InChI=1S/C16H16FN3O4/c17-16(15(22)23)8-9-20(10-16)13(21)7-6-12-18-19-14(24-12)11-4-2-1-3-5-11/h1-5H,6-10H2,(H,22,23). The summed E-state index contributed by atoms with van der Waals surface area (Å²) in [5.74, 6) is -1.17. The minimum absolute atomic E-state index is 0.0616. The first-order chi connectivity index (χ1) is 11.5. The average Bonchev–Trinajstić information content (AvgIpc) is 3.21. The lowest BCUT2D eigenvalue weighted by atomic mass is 10.1. The molecule has 1 fully saturated rings. The molecule has 24 heavy (non-hydrogen) atoms. The molecule has 1 aliphatic heterocycles. The van der Waals surface area contributed by atoms with E-state index in [1.54, 1.807) is 0 Å². The number of carbonyl (C=O) groups excluding carboxylic acids is 1. The number of benzene rings is 1. The van der Waals surface area contributed by atoms with E-state index in [1.165, 1.54) is 4.90 Å². The van der Waals surface area contributed by atoms with Gasteiger partial charge in [0.05, 0.1) is 6.54 Å². The first-order valence-electron chi connectivity index (χ1n) is 7.56. The molecular weight excluding hydrogens is 317 g/mol. The zero-order valence-electron chi connectivity index (χ0n) is 12.8. The van der Waals surface area contributed by atoms with E-state index in [1.807, 2.05) is 30.3 Å². The van der Waals surface area contributed by atoms with Crippen LogP contribution < -0.4 is 0 Å². The maximum Gasteiger partial charge on any atom is 0.343 e. The van der Waals surface area contributed by atoms with Crippen molar-refractivity contribution in [3.05, 3.63) is 36.2 Å². The molecule has 1 N–H and O–H groups in total. The minimum atomic E-state index is -2.35. The molecule has 1 aromatic carbocycles. The molecule has 0 aliphatic carbocycles. The average molecular weight is 333 g/mol. The molecule has 0 saturated carbocycles. The molecule has 1 aromatic heterocycles. The van der Waals surface area contributed by atoms with Gasteiger partial charge in [-0.15, -0.1) is 10.2 Å². The zero-order chi connectivity index (χ0) is 17.2. The van der Waals surface area contributed by atoms with Crippen molar-refractivity contribution in [3.63, 3.8) is 0 Å². The van der Waals surface area contributed by atoms with Crippen molar-refractivity contribution in [3.8, 4) is 11.5 Å². The van der Waals surface area contributed by atoms with E-state index >= 15 is 0 Å². The van der Waals surface area contributed by atoms with Crippen LogP contribution in [0.3, 0.4) is 0 Å². The highest BCUT2D eigenvalue weighted by Gasteiger charge is 2.46. The first-order valence-corrected chi connectivity index (χ1v) is 7.56. The number of amides is 1. The molecule has 1 amide bonds. The lowest BCUT2D eigenvalue weighted by Gasteiger charge is -2.17. The van der Waals surface area contributed by atoms with Crippen molar-refractivity contribution in [1.29, 1.82) is 0 Å². The van der Waals surface area contributed by atoms with Gasteiger partial charge in [-0.1, -0.05) is 18.2 Å². The number of alkyl halides is 1. The number of carboxylic acid groups (broad SMARTS) is 1. The summed E-state index contributed by atoms with van der Waals surface area (Å²) >= 11 is 0. The Bertz CT molecular complexity index is 749. The van der Waals surface area contributed by atoms with Crippen molar-refractivity contribution in [2.24, 2.45) is 0 Å². The third-order valence-electron chi connectivity index (χ3n) is 4.00. The van der Waals surface area contributed by atoms with Gasteiger partial charge >= 0.3 is 5.97 Å². The van der Waals surface area contributed by atoms with Crippen molar-refractivity contribution >= 4 is 11.9 Å². The summed E-state index contributed by atoms with van der Waals surface area (Å²) in [7, 11) is 0. The van der Waals surface area contributed by atoms with Gasteiger partial charge in [-0.2, -0.15) is 0 Å². The predicted molar refractivity (Wildman–Crippen MR) is 80.7 cm³/mol. The summed E-state index contributed by atoms with van der Waals surface area (Å²) in [6.45, 7) is -0.318. The third kappa shape index (κ3) is 3.27. The van der Waals surface area contributed by atoms with E-state index in [9.17, 15) is 14.0 Å². The summed E-state index contributed by atoms with van der Waals surface area (Å²) in [4.78, 5) is 24.2. The van der Waals surface area contributed by atoms with Gasteiger partial charge in [-0.25, -0.2) is 9.18 Å². The Labute approximate surface area is 137 Å². The number of hydrogen-bond acceptors (Lipinski definition) is 5. The van der Waals surface area contributed by atoms with Crippen LogP contribution in [-0.2, 0) is 16.0 Å². The van der Waals surface area contributed by atoms with E-state index in [0.717, 1.165) is 5.56 Å². The quantitative estimate of drug-likeness (QED) is 0.894. The fourth-order valence-corrected chi connectivity index (χ4v) is 2.58. The highest BCUT2D eigenvalue weighted by Crippen LogP contribution is 2.26. The van der Waals surface area contributed by atoms with Crippen molar-refractivity contribution < 1.29 is 23.5 Å². The largest absolute Gasteiger partial charge is 0.479 e. The van der Waals surface area contributed by atoms with Crippen molar-refractivity contribution in [2.75, 3.05) is 13.1 Å². The lowest BCUT2D eigenvalue weighted by molar-refractivity contribution is -0.150. The number of halogens is 1. The monoisotopic (exact) mass is 333 g/mol. The topological polar surface area (TPSA) is 96.5 Å². The summed E-state index contributed by atoms with van der Waals surface area (Å²) in [6.07, 6.45) is 0.0977. The molecule has 2 aromatic rings. The second-order valence-corrected chi connectivity index (χ2v) is 5.70. The fraction of sp³-hybridized carbons (Fsp3) is 0.375. The molecule has 0 radical (unpaired) electrons. The normalized spacial score (nSPS) is 20.3. The zero-order valence-corrected chi connectivity index (χ0v) is 12.8. The maximum atomic E-state index is 14.0. The molecule has 8 heteroatoms. The number of likely N-dealkylation sites (tertiary alicyclic amines) is 1. The second-order valence-electron chi connectivity index (χ2n) is 5.70. The van der Waals surface area contributed by atoms with E-state index in [0.29, 0.717) is 11.8 Å². The summed E-state index contributed by atoms with van der Waals surface area (Å²) in [5, 5.41) is 16.7. The number of aryl methyl sites for hydroxylation is 1. The van der Waals surface area contributed by atoms with Gasteiger partial charge in [-0.05, 0) is 12.1 Å². The Hall–Kier alpha value is -2.77. The first kappa shape index (κ1) is 16.1. The SMILES string of the molecule is O=C(CCc1nnc(-c2ccccc2)o1)N1CCC(F)(C(=O)O)C1. The summed E-state index contributed by atoms with van der Waals surface area (Å²) in [5.41, 5.74) is -1.56. The summed E-state index contributed by atoms with van der Waals surface area (Å²) < 4.78 is 19.5. The van der Waals surface area contributed by atoms with E-state index in [4.69, 9.17) is 9.52 Å². The van der Waals surface area contributed by atoms with E-state index in [-0.39, 0.29) is 31.7 Å². The number of carbonyl (C=O) groups is 2. The van der Waals surface area contributed by atoms with Gasteiger partial charge in [0.2, 0.25) is 23.4 Å². The molecule has 7 nitrogen and oxygen atoms in total. The molecule has 126 valence electrons. The maximum absolute atomic E-state index is 14.0. The fourth-order valence-electron chi connectivity index (χ4n) is 2.58. The molecule has 1 saturated heterocycles. The van der Waals surface area contributed by atoms with Crippen LogP contribution >= 0.6 is 0 Å². The molecule has 3 rings (SSSR count). The van der Waals surface area contributed by atoms with Crippen LogP contribution in [0, 0.1) is 0 Å². The highest BCUT2D eigenvalue weighted by molar-refractivity contribution is 5.82. The second kappa shape index (κ2) is 6.38. The number of nitrogens with zero attached hydrogens (tertiary/aromatic N) is 3. The Morgan fingerprint density at radius 1 is 1.29 bits per heavy atom. The number of hydrogen-bond donors (Lipinski definition) is 1. The summed E-state index contributed by atoms with van der Waals surface area (Å²) in [6, 6.07) is 9.24. The number of rotatable bonds is 5. The van der Waals surface area contributed by atoms with Gasteiger partial charge in [0.25, 0.3) is 0 Å². The van der Waals surface area contributed by atoms with Gasteiger partial charge < -0.3 is 14.4 Å². The molecule has 1 aliphatic rings. The van der Waals surface area contributed by atoms with Gasteiger partial charge in [0.15, 0.2) is 0 Å². The number of aliphatic carboxylic acids is 1. The van der Waals surface area contributed by atoms with Crippen molar-refractivity contribution in [2.45, 2.75) is 24.9 Å². The molecule has 1 atom stereocenters. The lowest BCUT2D eigenvalue weighted by Crippen LogP contribution is -2.38. The molecule has 1 unspecified atom stereocenters. The van der Waals surface area contributed by atoms with Crippen molar-refractivity contribution in [1.82, 2.24) is 15.1 Å². The van der Waals surface area contributed by atoms with E-state index < -0.39 is 18.2 Å². The number of aromatic nitrogens is 2.